The first kappa shape index (κ1) is 13.1. The quantitative estimate of drug-likeness (QED) is 0.849. The van der Waals surface area contributed by atoms with Crippen molar-refractivity contribution in [3.8, 4) is 0 Å². The summed E-state index contributed by atoms with van der Waals surface area (Å²) in [6, 6.07) is 7.26. The zero-order chi connectivity index (χ0) is 13.0. The molecular weight excluding hydrogens is 312 g/mol. The van der Waals surface area contributed by atoms with Crippen LogP contribution in [0.5, 0.6) is 0 Å². The third kappa shape index (κ3) is 3.58. The summed E-state index contributed by atoms with van der Waals surface area (Å²) in [7, 11) is 0. The summed E-state index contributed by atoms with van der Waals surface area (Å²) in [5, 5.41) is 7.00. The molecule has 0 aliphatic heterocycles. The predicted molar refractivity (Wildman–Crippen MR) is 78.9 cm³/mol. The van der Waals surface area contributed by atoms with Crippen LogP contribution in [0.2, 0.25) is 0 Å². The van der Waals surface area contributed by atoms with Crippen LogP contribution in [0.4, 0.5) is 5.69 Å². The molecule has 1 aromatic heterocycles. The Morgan fingerprint density at radius 2 is 2.22 bits per heavy atom. The second kappa shape index (κ2) is 6.02. The minimum absolute atomic E-state index is 0.0989. The van der Waals surface area contributed by atoms with Gasteiger partial charge in [-0.2, -0.15) is 11.3 Å². The molecular formula is C13H13BrN2OS. The maximum Gasteiger partial charge on any atom is 0.251 e. The van der Waals surface area contributed by atoms with Gasteiger partial charge in [-0.25, -0.2) is 0 Å². The number of nitrogen functional groups attached to an aromatic ring is 1. The molecule has 1 amide bonds. The molecule has 3 nitrogen and oxygen atoms in total. The van der Waals surface area contributed by atoms with E-state index in [0.717, 1.165) is 10.9 Å². The number of nitrogens with two attached hydrogens (primary N) is 1. The summed E-state index contributed by atoms with van der Waals surface area (Å²) in [6.07, 6.45) is 0.846. The van der Waals surface area contributed by atoms with Gasteiger partial charge in [0.2, 0.25) is 0 Å². The van der Waals surface area contributed by atoms with Gasteiger partial charge in [0.25, 0.3) is 5.91 Å². The van der Waals surface area contributed by atoms with Crippen molar-refractivity contribution in [2.45, 2.75) is 6.42 Å². The number of thiophene rings is 1. The Balaban J connectivity index is 1.91. The molecule has 0 atom stereocenters. The number of hydrogen-bond donors (Lipinski definition) is 2. The number of benzene rings is 1. The highest BCUT2D eigenvalue weighted by Crippen LogP contribution is 2.17. The van der Waals surface area contributed by atoms with Gasteiger partial charge in [0.15, 0.2) is 0 Å². The van der Waals surface area contributed by atoms with Crippen LogP contribution in [0.15, 0.2) is 39.5 Å². The fourth-order valence-electron chi connectivity index (χ4n) is 1.60. The fourth-order valence-corrected chi connectivity index (χ4v) is 2.81. The van der Waals surface area contributed by atoms with E-state index in [4.69, 9.17) is 5.73 Å². The van der Waals surface area contributed by atoms with Crippen molar-refractivity contribution in [1.29, 1.82) is 0 Å². The van der Waals surface area contributed by atoms with Crippen molar-refractivity contribution in [2.24, 2.45) is 0 Å². The van der Waals surface area contributed by atoms with Crippen LogP contribution in [-0.2, 0) is 6.42 Å². The number of nitrogens with one attached hydrogen (secondary N) is 1. The van der Waals surface area contributed by atoms with E-state index in [1.807, 2.05) is 5.38 Å². The number of anilines is 1. The molecule has 0 saturated heterocycles. The third-order valence-electron chi connectivity index (χ3n) is 2.46. The molecule has 0 aliphatic rings. The predicted octanol–water partition coefficient (Wildman–Crippen LogP) is 3.07. The highest BCUT2D eigenvalue weighted by molar-refractivity contribution is 9.10. The van der Waals surface area contributed by atoms with Gasteiger partial charge in [-0.1, -0.05) is 15.9 Å². The Labute approximate surface area is 118 Å². The minimum atomic E-state index is -0.0989. The van der Waals surface area contributed by atoms with Crippen molar-refractivity contribution < 1.29 is 4.79 Å². The lowest BCUT2D eigenvalue weighted by atomic mass is 10.2. The summed E-state index contributed by atoms with van der Waals surface area (Å²) in [4.78, 5) is 11.9. The SMILES string of the molecule is Nc1cc(Br)cc(C(=O)NCCc2ccsc2)c1. The molecule has 1 heterocycles. The molecule has 0 saturated carbocycles. The van der Waals surface area contributed by atoms with Gasteiger partial charge in [0.05, 0.1) is 0 Å². The van der Waals surface area contributed by atoms with Gasteiger partial charge in [0.1, 0.15) is 0 Å². The Kier molecular flexibility index (Phi) is 4.38. The van der Waals surface area contributed by atoms with E-state index >= 15 is 0 Å². The lowest BCUT2D eigenvalue weighted by Gasteiger charge is -2.06. The molecule has 0 fully saturated rings. The molecule has 0 aliphatic carbocycles. The highest BCUT2D eigenvalue weighted by atomic mass is 79.9. The van der Waals surface area contributed by atoms with Crippen LogP contribution >= 0.6 is 27.3 Å². The van der Waals surface area contributed by atoms with E-state index in [2.05, 4.69) is 32.7 Å². The molecule has 1 aromatic carbocycles. The van der Waals surface area contributed by atoms with Gasteiger partial charge in [-0.15, -0.1) is 0 Å². The lowest BCUT2D eigenvalue weighted by molar-refractivity contribution is 0.0954. The van der Waals surface area contributed by atoms with E-state index in [0.29, 0.717) is 17.8 Å². The second-order valence-electron chi connectivity index (χ2n) is 3.91. The summed E-state index contributed by atoms with van der Waals surface area (Å²) >= 11 is 4.99. The first-order chi connectivity index (χ1) is 8.65. The Bertz CT molecular complexity index is 520. The van der Waals surface area contributed by atoms with Gasteiger partial charge in [0, 0.05) is 22.3 Å². The van der Waals surface area contributed by atoms with Gasteiger partial charge in [-0.05, 0) is 47.0 Å². The van der Waals surface area contributed by atoms with Gasteiger partial charge < -0.3 is 11.1 Å². The van der Waals surface area contributed by atoms with E-state index < -0.39 is 0 Å². The number of rotatable bonds is 4. The monoisotopic (exact) mass is 324 g/mol. The summed E-state index contributed by atoms with van der Waals surface area (Å²) < 4.78 is 0.811. The maximum atomic E-state index is 11.9. The zero-order valence-electron chi connectivity index (χ0n) is 9.65. The zero-order valence-corrected chi connectivity index (χ0v) is 12.1. The molecule has 5 heteroatoms. The number of carbonyl (C=O) groups is 1. The molecule has 0 bridgehead atoms. The van der Waals surface area contributed by atoms with Crippen LogP contribution in [0.25, 0.3) is 0 Å². The second-order valence-corrected chi connectivity index (χ2v) is 5.61. The van der Waals surface area contributed by atoms with Gasteiger partial charge in [-0.3, -0.25) is 4.79 Å². The number of carbonyl (C=O) groups excluding carboxylic acids is 1. The average Bonchev–Trinajstić information content (AvgIpc) is 2.80. The van der Waals surface area contributed by atoms with E-state index in [9.17, 15) is 4.79 Å². The van der Waals surface area contributed by atoms with Crippen molar-refractivity contribution in [3.63, 3.8) is 0 Å². The van der Waals surface area contributed by atoms with Crippen LogP contribution < -0.4 is 11.1 Å². The van der Waals surface area contributed by atoms with Crippen LogP contribution in [-0.4, -0.2) is 12.5 Å². The fraction of sp³-hybridized carbons (Fsp3) is 0.154. The lowest BCUT2D eigenvalue weighted by Crippen LogP contribution is -2.25. The molecule has 18 heavy (non-hydrogen) atoms. The number of halogens is 1. The Hall–Kier alpha value is -1.33. The van der Waals surface area contributed by atoms with Crippen LogP contribution in [0.1, 0.15) is 15.9 Å². The standard InChI is InChI=1S/C13H13BrN2OS/c14-11-5-10(6-12(15)7-11)13(17)16-3-1-9-2-4-18-8-9/h2,4-8H,1,3,15H2,(H,16,17). The number of hydrogen-bond acceptors (Lipinski definition) is 3. The van der Waals surface area contributed by atoms with Gasteiger partial charge >= 0.3 is 0 Å². The minimum Gasteiger partial charge on any atom is -0.399 e. The highest BCUT2D eigenvalue weighted by Gasteiger charge is 2.06. The van der Waals surface area contributed by atoms with Crippen LogP contribution in [0.3, 0.4) is 0 Å². The molecule has 0 spiro atoms. The number of amides is 1. The van der Waals surface area contributed by atoms with E-state index in [1.54, 1.807) is 29.5 Å². The van der Waals surface area contributed by atoms with Crippen molar-refractivity contribution in [3.05, 3.63) is 50.6 Å². The van der Waals surface area contributed by atoms with E-state index in [-0.39, 0.29) is 5.91 Å². The smallest absolute Gasteiger partial charge is 0.251 e. The van der Waals surface area contributed by atoms with Crippen LogP contribution in [0, 0.1) is 0 Å². The normalized spacial score (nSPS) is 10.3. The maximum absolute atomic E-state index is 11.9. The first-order valence-corrected chi connectivity index (χ1v) is 7.24. The summed E-state index contributed by atoms with van der Waals surface area (Å²) in [6.45, 7) is 0.627. The molecule has 3 N–H and O–H groups in total. The summed E-state index contributed by atoms with van der Waals surface area (Å²) in [5.74, 6) is -0.0989. The van der Waals surface area contributed by atoms with Crippen molar-refractivity contribution in [1.82, 2.24) is 5.32 Å². The molecule has 2 aromatic rings. The molecule has 0 radical (unpaired) electrons. The van der Waals surface area contributed by atoms with Crippen molar-refractivity contribution >= 4 is 38.9 Å². The average molecular weight is 325 g/mol. The molecule has 0 unspecified atom stereocenters. The topological polar surface area (TPSA) is 55.1 Å². The summed E-state index contributed by atoms with van der Waals surface area (Å²) in [5.41, 5.74) is 8.09. The van der Waals surface area contributed by atoms with E-state index in [1.165, 1.54) is 5.56 Å². The Morgan fingerprint density at radius 3 is 2.89 bits per heavy atom. The largest absolute Gasteiger partial charge is 0.399 e. The third-order valence-corrected chi connectivity index (χ3v) is 3.65. The van der Waals surface area contributed by atoms with Crippen molar-refractivity contribution in [2.75, 3.05) is 12.3 Å². The first-order valence-electron chi connectivity index (χ1n) is 5.50. The Morgan fingerprint density at radius 1 is 1.39 bits per heavy atom. The molecule has 2 rings (SSSR count). The molecule has 94 valence electrons.